The Labute approximate surface area is 172 Å². The monoisotopic (exact) mass is 429 g/mol. The number of aliphatic hydroxyl groups excluding tert-OH is 1. The van der Waals surface area contributed by atoms with Crippen molar-refractivity contribution in [3.8, 4) is 28.5 Å². The molecule has 5 rings (SSSR count). The molecule has 0 aliphatic carbocycles. The smallest absolute Gasteiger partial charge is 0.243 e. The van der Waals surface area contributed by atoms with Gasteiger partial charge in [-0.05, 0) is 42.8 Å². The van der Waals surface area contributed by atoms with Gasteiger partial charge in [-0.25, -0.2) is 18.1 Å². The highest BCUT2D eigenvalue weighted by Gasteiger charge is 2.30. The summed E-state index contributed by atoms with van der Waals surface area (Å²) < 4.78 is 46.4. The van der Waals surface area contributed by atoms with E-state index in [0.29, 0.717) is 40.7 Å². The number of benzene rings is 2. The van der Waals surface area contributed by atoms with Crippen LogP contribution in [-0.4, -0.2) is 29.9 Å². The van der Waals surface area contributed by atoms with Crippen molar-refractivity contribution in [2.45, 2.75) is 31.2 Å². The highest BCUT2D eigenvalue weighted by Crippen LogP contribution is 2.42. The van der Waals surface area contributed by atoms with E-state index in [9.17, 15) is 13.5 Å². The third-order valence-electron chi connectivity index (χ3n) is 5.10. The molecule has 2 aliphatic rings. The molecule has 0 spiro atoms. The summed E-state index contributed by atoms with van der Waals surface area (Å²) >= 11 is 0. The van der Waals surface area contributed by atoms with E-state index < -0.39 is 16.3 Å². The van der Waals surface area contributed by atoms with Gasteiger partial charge in [0.1, 0.15) is 11.4 Å². The van der Waals surface area contributed by atoms with Crippen LogP contribution in [0.3, 0.4) is 0 Å². The van der Waals surface area contributed by atoms with Crippen molar-refractivity contribution in [3.63, 3.8) is 0 Å². The zero-order valence-corrected chi connectivity index (χ0v) is 16.8. The van der Waals surface area contributed by atoms with Gasteiger partial charge in [-0.1, -0.05) is 6.07 Å². The van der Waals surface area contributed by atoms with Crippen LogP contribution < -0.4 is 18.9 Å². The summed E-state index contributed by atoms with van der Waals surface area (Å²) in [7, 11) is -3.79. The maximum absolute atomic E-state index is 12.9. The zero-order valence-electron chi connectivity index (χ0n) is 16.0. The van der Waals surface area contributed by atoms with Crippen LogP contribution in [0, 0.1) is 0 Å². The van der Waals surface area contributed by atoms with Gasteiger partial charge in [0.25, 0.3) is 0 Å². The molecule has 0 radical (unpaired) electrons. The number of rotatable bonds is 5. The molecule has 0 bridgehead atoms. The van der Waals surface area contributed by atoms with Gasteiger partial charge in [-0.2, -0.15) is 0 Å². The molecule has 1 aromatic heterocycles. The first kappa shape index (κ1) is 18.9. The van der Waals surface area contributed by atoms with Gasteiger partial charge in [-0.15, -0.1) is 0 Å². The van der Waals surface area contributed by atoms with Crippen LogP contribution in [0.1, 0.15) is 24.5 Å². The molecule has 30 heavy (non-hydrogen) atoms. The molecule has 9 nitrogen and oxygen atoms in total. The highest BCUT2D eigenvalue weighted by molar-refractivity contribution is 7.89. The van der Waals surface area contributed by atoms with Gasteiger partial charge in [0.05, 0.1) is 16.9 Å². The third-order valence-corrected chi connectivity index (χ3v) is 6.50. The minimum atomic E-state index is -3.79. The van der Waals surface area contributed by atoms with E-state index in [1.54, 1.807) is 30.6 Å². The van der Waals surface area contributed by atoms with Gasteiger partial charge in [0.15, 0.2) is 11.5 Å². The lowest BCUT2D eigenvalue weighted by molar-refractivity contribution is -0.0246. The largest absolute Gasteiger partial charge is 0.458 e. The van der Waals surface area contributed by atoms with Crippen molar-refractivity contribution < 1.29 is 27.7 Å². The Kier molecular flexibility index (Phi) is 4.42. The van der Waals surface area contributed by atoms with E-state index in [4.69, 9.17) is 14.2 Å². The van der Waals surface area contributed by atoms with Crippen molar-refractivity contribution in [1.29, 1.82) is 0 Å². The second-order valence-corrected chi connectivity index (χ2v) is 8.67. The molecule has 1 atom stereocenters. The van der Waals surface area contributed by atoms with Crippen molar-refractivity contribution >= 4 is 10.0 Å². The molecule has 3 aromatic rings. The summed E-state index contributed by atoms with van der Waals surface area (Å²) in [4.78, 5) is 4.30. The maximum atomic E-state index is 12.9. The van der Waals surface area contributed by atoms with Crippen LogP contribution in [0.25, 0.3) is 11.3 Å². The number of hydrogen-bond acceptors (Lipinski definition) is 7. The Balaban J connectivity index is 1.44. The zero-order chi connectivity index (χ0) is 20.9. The predicted molar refractivity (Wildman–Crippen MR) is 106 cm³/mol. The lowest BCUT2D eigenvalue weighted by atomic mass is 10.1. The number of fused-ring (bicyclic) bond motifs is 4. The van der Waals surface area contributed by atoms with Gasteiger partial charge >= 0.3 is 0 Å². The molecule has 0 amide bonds. The minimum Gasteiger partial charge on any atom is -0.458 e. The van der Waals surface area contributed by atoms with Crippen LogP contribution in [0.4, 0.5) is 0 Å². The van der Waals surface area contributed by atoms with Crippen LogP contribution in [0.5, 0.6) is 17.2 Å². The highest BCUT2D eigenvalue weighted by atomic mass is 32.2. The van der Waals surface area contributed by atoms with Crippen LogP contribution in [0.15, 0.2) is 47.6 Å². The van der Waals surface area contributed by atoms with E-state index in [2.05, 4.69) is 9.71 Å². The molecule has 3 heterocycles. The fourth-order valence-corrected chi connectivity index (χ4v) is 4.61. The van der Waals surface area contributed by atoms with Crippen molar-refractivity contribution in [2.75, 3.05) is 6.79 Å². The minimum absolute atomic E-state index is 0.0942. The third kappa shape index (κ3) is 3.09. The van der Waals surface area contributed by atoms with E-state index in [-0.39, 0.29) is 18.2 Å². The van der Waals surface area contributed by atoms with E-state index in [1.807, 2.05) is 11.5 Å². The number of nitrogens with one attached hydrogen (secondary N) is 1. The molecule has 2 aliphatic heterocycles. The summed E-state index contributed by atoms with van der Waals surface area (Å²) in [6.07, 6.45) is 0.415. The van der Waals surface area contributed by atoms with Crippen molar-refractivity contribution in [1.82, 2.24) is 14.3 Å². The van der Waals surface area contributed by atoms with Crippen LogP contribution in [0.2, 0.25) is 0 Å². The lowest BCUT2D eigenvalue weighted by Gasteiger charge is -2.23. The number of imidazole rings is 1. The van der Waals surface area contributed by atoms with Gasteiger partial charge in [0, 0.05) is 18.7 Å². The number of aryl methyl sites for hydroxylation is 1. The summed E-state index contributed by atoms with van der Waals surface area (Å²) in [5.41, 5.74) is 2.34. The van der Waals surface area contributed by atoms with Crippen LogP contribution >= 0.6 is 0 Å². The van der Waals surface area contributed by atoms with Crippen molar-refractivity contribution in [3.05, 3.63) is 54.0 Å². The van der Waals surface area contributed by atoms with E-state index in [1.165, 1.54) is 12.1 Å². The fourth-order valence-electron chi connectivity index (χ4n) is 3.56. The Morgan fingerprint density at radius 2 is 1.97 bits per heavy atom. The van der Waals surface area contributed by atoms with E-state index >= 15 is 0 Å². The number of aromatic nitrogens is 2. The van der Waals surface area contributed by atoms with Gasteiger partial charge < -0.3 is 23.9 Å². The van der Waals surface area contributed by atoms with E-state index in [0.717, 1.165) is 5.56 Å². The lowest BCUT2D eigenvalue weighted by Crippen LogP contribution is -2.23. The topological polar surface area (TPSA) is 112 Å². The number of hydrogen-bond donors (Lipinski definition) is 2. The summed E-state index contributed by atoms with van der Waals surface area (Å²) in [5.74, 6) is 1.64. The maximum Gasteiger partial charge on any atom is 0.243 e. The first-order valence-corrected chi connectivity index (χ1v) is 10.9. The fraction of sp³-hybridized carbons (Fsp3) is 0.250. The number of nitrogens with zero attached hydrogens (tertiary/aromatic N) is 2. The Hall–Kier alpha value is -3.08. The van der Waals surface area contributed by atoms with Gasteiger partial charge in [-0.3, -0.25) is 0 Å². The number of aliphatic hydroxyl groups is 1. The van der Waals surface area contributed by atoms with Crippen molar-refractivity contribution in [2.24, 2.45) is 0 Å². The normalized spacial score (nSPS) is 16.7. The second kappa shape index (κ2) is 7.01. The predicted octanol–water partition coefficient (Wildman–Crippen LogP) is 2.16. The number of ether oxygens (including phenoxy) is 3. The second-order valence-electron chi connectivity index (χ2n) is 6.90. The summed E-state index contributed by atoms with van der Waals surface area (Å²) in [5, 5.41) is 10.2. The number of sulfonamides is 1. The Morgan fingerprint density at radius 3 is 2.80 bits per heavy atom. The molecule has 0 saturated carbocycles. The molecule has 0 saturated heterocycles. The first-order chi connectivity index (χ1) is 14.5. The molecular formula is C20H19N3O6S. The van der Waals surface area contributed by atoms with Gasteiger partial charge in [0.2, 0.25) is 23.1 Å². The molecule has 0 fully saturated rings. The molecule has 156 valence electrons. The SMILES string of the molecule is CCn1cnc2c1-c1cc(S(=O)(=O)NCc3ccc4c(c3)OCO4)ccc1OC2O. The summed E-state index contributed by atoms with van der Waals surface area (Å²) in [6, 6.07) is 9.81. The first-order valence-electron chi connectivity index (χ1n) is 9.38. The quantitative estimate of drug-likeness (QED) is 0.639. The molecule has 10 heteroatoms. The Morgan fingerprint density at radius 1 is 1.17 bits per heavy atom. The average molecular weight is 429 g/mol. The Bertz CT molecular complexity index is 1240. The molecule has 1 unspecified atom stereocenters. The summed E-state index contributed by atoms with van der Waals surface area (Å²) in [6.45, 7) is 2.82. The standard InChI is InChI=1S/C20H19N3O6S/c1-2-23-10-21-18-19(23)14-8-13(4-6-15(14)29-20(18)24)30(25,26)22-9-12-3-5-16-17(7-12)28-11-27-16/h3-8,10,20,22,24H,2,9,11H2,1H3. The average Bonchev–Trinajstić information content (AvgIpc) is 3.39. The van der Waals surface area contributed by atoms with Crippen LogP contribution in [-0.2, 0) is 23.1 Å². The molecule has 2 N–H and O–H groups in total. The molecule has 2 aromatic carbocycles. The molecular weight excluding hydrogens is 410 g/mol.